The molecule has 150 valence electrons. The quantitative estimate of drug-likeness (QED) is 0.386. The van der Waals surface area contributed by atoms with Gasteiger partial charge in [-0.2, -0.15) is 0 Å². The molecule has 6 nitrogen and oxygen atoms in total. The predicted octanol–water partition coefficient (Wildman–Crippen LogP) is 5.90. The molecule has 5 rings (SSSR count). The summed E-state index contributed by atoms with van der Waals surface area (Å²) in [5.74, 6) is 1.31. The van der Waals surface area contributed by atoms with Gasteiger partial charge >= 0.3 is 6.03 Å². The minimum Gasteiger partial charge on any atom is -0.486 e. The number of urea groups is 1. The Kier molecular flexibility index (Phi) is 4.69. The summed E-state index contributed by atoms with van der Waals surface area (Å²) in [5, 5.41) is 7.40. The second-order valence-electron chi connectivity index (χ2n) is 6.93. The molecule has 2 heterocycles. The van der Waals surface area contributed by atoms with Gasteiger partial charge in [0.25, 0.3) is 0 Å². The minimum atomic E-state index is -0.334. The number of rotatable bonds is 3. The first-order valence-corrected chi connectivity index (χ1v) is 9.88. The summed E-state index contributed by atoms with van der Waals surface area (Å²) in [6, 6.07) is 20.4. The molecule has 4 aromatic rings. The van der Waals surface area contributed by atoms with E-state index in [9.17, 15) is 4.79 Å². The number of ether oxygens (including phenoxy) is 2. The lowest BCUT2D eigenvalue weighted by molar-refractivity contribution is 0.171. The number of hydrogen-bond acceptors (Lipinski definition) is 3. The lowest BCUT2D eigenvalue weighted by Gasteiger charge is -2.19. The first-order valence-electron chi connectivity index (χ1n) is 9.50. The normalized spacial score (nSPS) is 12.6. The third-order valence-electron chi connectivity index (χ3n) is 4.84. The molecular weight excluding hydrogens is 402 g/mol. The van der Waals surface area contributed by atoms with E-state index >= 15 is 0 Å². The highest BCUT2D eigenvalue weighted by molar-refractivity contribution is 6.31. The number of benzene rings is 3. The summed E-state index contributed by atoms with van der Waals surface area (Å²) in [4.78, 5) is 15.7. The van der Waals surface area contributed by atoms with Gasteiger partial charge in [-0.3, -0.25) is 0 Å². The summed E-state index contributed by atoms with van der Waals surface area (Å²) in [5.41, 5.74) is 4.34. The zero-order chi connectivity index (χ0) is 20.5. The molecule has 1 aliphatic heterocycles. The van der Waals surface area contributed by atoms with E-state index in [0.717, 1.165) is 22.2 Å². The van der Waals surface area contributed by atoms with Crippen molar-refractivity contribution in [2.75, 3.05) is 23.8 Å². The zero-order valence-electron chi connectivity index (χ0n) is 15.9. The summed E-state index contributed by atoms with van der Waals surface area (Å²) in [6.45, 7) is 1.03. The minimum absolute atomic E-state index is 0.334. The Hall–Kier alpha value is -3.64. The van der Waals surface area contributed by atoms with Gasteiger partial charge in [0.1, 0.15) is 13.2 Å². The van der Waals surface area contributed by atoms with Gasteiger partial charge in [-0.25, -0.2) is 4.79 Å². The van der Waals surface area contributed by atoms with Crippen LogP contribution in [0.5, 0.6) is 11.5 Å². The number of anilines is 2. The lowest BCUT2D eigenvalue weighted by Crippen LogP contribution is -2.20. The van der Waals surface area contributed by atoms with Crippen LogP contribution in [-0.2, 0) is 0 Å². The van der Waals surface area contributed by atoms with Crippen molar-refractivity contribution in [1.82, 2.24) is 4.98 Å². The van der Waals surface area contributed by atoms with Gasteiger partial charge < -0.3 is 25.1 Å². The molecule has 2 amide bonds. The Morgan fingerprint density at radius 1 is 0.833 bits per heavy atom. The van der Waals surface area contributed by atoms with E-state index in [1.54, 1.807) is 18.2 Å². The van der Waals surface area contributed by atoms with E-state index in [2.05, 4.69) is 21.7 Å². The monoisotopic (exact) mass is 419 g/mol. The van der Waals surface area contributed by atoms with Gasteiger partial charge in [-0.1, -0.05) is 23.7 Å². The fraction of sp³-hybridized carbons (Fsp3) is 0.0870. The van der Waals surface area contributed by atoms with Crippen LogP contribution >= 0.6 is 11.6 Å². The second kappa shape index (κ2) is 7.65. The van der Waals surface area contributed by atoms with Gasteiger partial charge in [-0.05, 0) is 54.1 Å². The Labute approximate surface area is 177 Å². The molecule has 0 atom stereocenters. The molecule has 3 N–H and O–H groups in total. The number of nitrogens with one attached hydrogen (secondary N) is 3. The van der Waals surface area contributed by atoms with Crippen molar-refractivity contribution in [2.24, 2.45) is 0 Å². The van der Waals surface area contributed by atoms with Gasteiger partial charge in [0.15, 0.2) is 11.5 Å². The Bertz CT molecular complexity index is 1230. The van der Waals surface area contributed by atoms with Crippen LogP contribution in [0.3, 0.4) is 0 Å². The number of carbonyl (C=O) groups excluding carboxylic acids is 1. The molecule has 0 unspecified atom stereocenters. The van der Waals surface area contributed by atoms with Crippen molar-refractivity contribution >= 4 is 39.9 Å². The molecule has 3 aromatic carbocycles. The van der Waals surface area contributed by atoms with E-state index in [1.165, 1.54) is 0 Å². The van der Waals surface area contributed by atoms with E-state index in [-0.39, 0.29) is 6.03 Å². The number of hydrogen-bond donors (Lipinski definition) is 3. The van der Waals surface area contributed by atoms with Crippen molar-refractivity contribution in [1.29, 1.82) is 0 Å². The molecule has 7 heteroatoms. The molecule has 0 radical (unpaired) electrons. The number of fused-ring (bicyclic) bond motifs is 2. The topological polar surface area (TPSA) is 75.4 Å². The van der Waals surface area contributed by atoms with Crippen molar-refractivity contribution in [2.45, 2.75) is 0 Å². The molecule has 0 bridgehead atoms. The SMILES string of the molecule is O=C(Nc1ccc(-c2cc3cc(Cl)ccc3[nH]2)cc1)Nc1ccc2c(c1)OCCO2. The number of aromatic nitrogens is 1. The molecule has 0 aliphatic carbocycles. The third kappa shape index (κ3) is 3.77. The maximum Gasteiger partial charge on any atom is 0.323 e. The van der Waals surface area contributed by atoms with Crippen molar-refractivity contribution in [3.8, 4) is 22.8 Å². The van der Waals surface area contributed by atoms with Crippen LogP contribution in [0.25, 0.3) is 22.2 Å². The standard InChI is InChI=1S/C23H18ClN3O3/c24-16-3-7-19-15(11-16)12-20(27-19)14-1-4-17(5-2-14)25-23(28)26-18-6-8-21-22(13-18)30-10-9-29-21/h1-8,11-13,27H,9-10H2,(H2,25,26,28). The van der Waals surface area contributed by atoms with E-state index in [0.29, 0.717) is 41.1 Å². The van der Waals surface area contributed by atoms with Gasteiger partial charge in [0, 0.05) is 39.1 Å². The largest absolute Gasteiger partial charge is 0.486 e. The molecular formula is C23H18ClN3O3. The number of H-pyrrole nitrogens is 1. The smallest absolute Gasteiger partial charge is 0.323 e. The molecule has 30 heavy (non-hydrogen) atoms. The molecule has 0 spiro atoms. The highest BCUT2D eigenvalue weighted by Gasteiger charge is 2.13. The molecule has 0 saturated heterocycles. The second-order valence-corrected chi connectivity index (χ2v) is 7.37. The molecule has 0 saturated carbocycles. The summed E-state index contributed by atoms with van der Waals surface area (Å²) in [7, 11) is 0. The van der Waals surface area contributed by atoms with E-state index in [1.807, 2.05) is 42.5 Å². The van der Waals surface area contributed by atoms with E-state index in [4.69, 9.17) is 21.1 Å². The highest BCUT2D eigenvalue weighted by Crippen LogP contribution is 2.32. The number of amides is 2. The van der Waals surface area contributed by atoms with Crippen LogP contribution in [0, 0.1) is 0 Å². The number of aromatic amines is 1. The van der Waals surface area contributed by atoms with Crippen LogP contribution in [-0.4, -0.2) is 24.2 Å². The van der Waals surface area contributed by atoms with Crippen molar-refractivity contribution in [3.63, 3.8) is 0 Å². The number of halogens is 1. The van der Waals surface area contributed by atoms with Crippen LogP contribution < -0.4 is 20.1 Å². The van der Waals surface area contributed by atoms with Crippen molar-refractivity contribution < 1.29 is 14.3 Å². The zero-order valence-corrected chi connectivity index (χ0v) is 16.6. The van der Waals surface area contributed by atoms with Crippen LogP contribution in [0.2, 0.25) is 5.02 Å². The molecule has 1 aliphatic rings. The summed E-state index contributed by atoms with van der Waals surface area (Å²) in [6.07, 6.45) is 0. The first-order chi connectivity index (χ1) is 14.6. The predicted molar refractivity (Wildman–Crippen MR) is 119 cm³/mol. The third-order valence-corrected chi connectivity index (χ3v) is 5.07. The van der Waals surface area contributed by atoms with Crippen molar-refractivity contribution in [3.05, 3.63) is 71.8 Å². The first kappa shape index (κ1) is 18.4. The van der Waals surface area contributed by atoms with Crippen LogP contribution in [0.1, 0.15) is 0 Å². The average Bonchev–Trinajstić information content (AvgIpc) is 3.17. The summed E-state index contributed by atoms with van der Waals surface area (Å²) >= 11 is 6.06. The van der Waals surface area contributed by atoms with Gasteiger partial charge in [0.2, 0.25) is 0 Å². The fourth-order valence-corrected chi connectivity index (χ4v) is 3.59. The van der Waals surface area contributed by atoms with Crippen LogP contribution in [0.15, 0.2) is 66.7 Å². The highest BCUT2D eigenvalue weighted by atomic mass is 35.5. The Morgan fingerprint density at radius 2 is 1.57 bits per heavy atom. The van der Waals surface area contributed by atoms with Gasteiger partial charge in [0.05, 0.1) is 0 Å². The van der Waals surface area contributed by atoms with E-state index < -0.39 is 0 Å². The molecule has 1 aromatic heterocycles. The summed E-state index contributed by atoms with van der Waals surface area (Å²) < 4.78 is 11.0. The average molecular weight is 420 g/mol. The lowest BCUT2D eigenvalue weighted by atomic mass is 10.1. The maximum absolute atomic E-state index is 12.3. The Balaban J connectivity index is 1.26. The van der Waals surface area contributed by atoms with Crippen LogP contribution in [0.4, 0.5) is 16.2 Å². The maximum atomic E-state index is 12.3. The number of carbonyl (C=O) groups is 1. The molecule has 0 fully saturated rings. The van der Waals surface area contributed by atoms with Gasteiger partial charge in [-0.15, -0.1) is 0 Å². The Morgan fingerprint density at radius 3 is 2.40 bits per heavy atom. The fourth-order valence-electron chi connectivity index (χ4n) is 3.41.